The summed E-state index contributed by atoms with van der Waals surface area (Å²) >= 11 is 0. The van der Waals surface area contributed by atoms with Gasteiger partial charge in [0.15, 0.2) is 5.69 Å². The van der Waals surface area contributed by atoms with Crippen molar-refractivity contribution in [3.63, 3.8) is 0 Å². The summed E-state index contributed by atoms with van der Waals surface area (Å²) in [7, 11) is 0. The van der Waals surface area contributed by atoms with Gasteiger partial charge in [-0.15, -0.1) is 5.10 Å². The molecule has 1 aromatic heterocycles. The van der Waals surface area contributed by atoms with Crippen LogP contribution in [0.25, 0.3) is 5.69 Å². The van der Waals surface area contributed by atoms with Crippen LogP contribution >= 0.6 is 0 Å². The van der Waals surface area contributed by atoms with Crippen LogP contribution in [0.4, 0.5) is 0 Å². The molecule has 3 rings (SSSR count). The minimum absolute atomic E-state index is 0.228. The summed E-state index contributed by atoms with van der Waals surface area (Å²) in [6.07, 6.45) is 1.65. The smallest absolute Gasteiger partial charge is 0.273 e. The average Bonchev–Trinajstić information content (AvgIpc) is 3.03. The molecule has 1 amide bonds. The van der Waals surface area contributed by atoms with Gasteiger partial charge < -0.3 is 5.32 Å². The Morgan fingerprint density at radius 3 is 2.50 bits per heavy atom. The Labute approximate surface area is 141 Å². The molecule has 3 aromatic rings. The van der Waals surface area contributed by atoms with Gasteiger partial charge in [-0.05, 0) is 55.2 Å². The summed E-state index contributed by atoms with van der Waals surface area (Å²) in [6, 6.07) is 14.1. The van der Waals surface area contributed by atoms with Gasteiger partial charge in [0.1, 0.15) is 0 Å². The standard InChI is InChI=1S/C19H20N4O/c1-13-8-14(2)10-17(9-13)23-12-18(21-22-23)19(24)20-11-16-7-5-4-6-15(16)3/h4-10,12H,11H2,1-3H3,(H,20,24). The van der Waals surface area contributed by atoms with Gasteiger partial charge in [-0.25, -0.2) is 4.68 Å². The summed E-state index contributed by atoms with van der Waals surface area (Å²) in [5.41, 5.74) is 5.74. The van der Waals surface area contributed by atoms with Crippen LogP contribution in [-0.4, -0.2) is 20.9 Å². The number of nitrogens with zero attached hydrogens (tertiary/aromatic N) is 3. The SMILES string of the molecule is Cc1cc(C)cc(-n2cc(C(=O)NCc3ccccc3C)nn2)c1. The molecule has 0 atom stereocenters. The van der Waals surface area contributed by atoms with E-state index in [0.717, 1.165) is 27.9 Å². The molecule has 5 nitrogen and oxygen atoms in total. The molecular formula is C19H20N4O. The topological polar surface area (TPSA) is 59.8 Å². The summed E-state index contributed by atoms with van der Waals surface area (Å²) in [5.74, 6) is -0.228. The summed E-state index contributed by atoms with van der Waals surface area (Å²) < 4.78 is 1.63. The number of carbonyl (C=O) groups is 1. The van der Waals surface area contributed by atoms with E-state index in [4.69, 9.17) is 0 Å². The van der Waals surface area contributed by atoms with Crippen molar-refractivity contribution in [2.75, 3.05) is 0 Å². The van der Waals surface area contributed by atoms with E-state index in [9.17, 15) is 4.79 Å². The fourth-order valence-corrected chi connectivity index (χ4v) is 2.65. The molecule has 0 unspecified atom stereocenters. The van der Waals surface area contributed by atoms with Gasteiger partial charge in [0, 0.05) is 6.54 Å². The monoisotopic (exact) mass is 320 g/mol. The number of amides is 1. The predicted octanol–water partition coefficient (Wildman–Crippen LogP) is 3.12. The third-order valence-corrected chi connectivity index (χ3v) is 3.90. The van der Waals surface area contributed by atoms with Gasteiger partial charge >= 0.3 is 0 Å². The first-order valence-electron chi connectivity index (χ1n) is 7.86. The number of nitrogens with one attached hydrogen (secondary N) is 1. The number of hydrogen-bond donors (Lipinski definition) is 1. The van der Waals surface area contributed by atoms with Crippen LogP contribution in [0, 0.1) is 20.8 Å². The number of carbonyl (C=O) groups excluding carboxylic acids is 1. The van der Waals surface area contributed by atoms with Crippen LogP contribution in [0.5, 0.6) is 0 Å². The van der Waals surface area contributed by atoms with E-state index in [-0.39, 0.29) is 5.91 Å². The lowest BCUT2D eigenvalue weighted by molar-refractivity contribution is 0.0946. The maximum absolute atomic E-state index is 12.3. The molecule has 24 heavy (non-hydrogen) atoms. The first kappa shape index (κ1) is 15.9. The van der Waals surface area contributed by atoms with Crippen molar-refractivity contribution in [3.05, 3.63) is 76.6 Å². The van der Waals surface area contributed by atoms with Crippen molar-refractivity contribution in [3.8, 4) is 5.69 Å². The lowest BCUT2D eigenvalue weighted by Gasteiger charge is -2.06. The summed E-state index contributed by atoms with van der Waals surface area (Å²) in [6.45, 7) is 6.56. The molecule has 122 valence electrons. The number of hydrogen-bond acceptors (Lipinski definition) is 3. The van der Waals surface area contributed by atoms with Crippen LogP contribution in [0.3, 0.4) is 0 Å². The van der Waals surface area contributed by atoms with Gasteiger partial charge in [0.25, 0.3) is 5.91 Å². The summed E-state index contributed by atoms with van der Waals surface area (Å²) in [5, 5.41) is 10.9. The molecule has 0 spiro atoms. The lowest BCUT2D eigenvalue weighted by atomic mass is 10.1. The second-order valence-electron chi connectivity index (χ2n) is 6.00. The number of aromatic nitrogens is 3. The third kappa shape index (κ3) is 3.51. The minimum Gasteiger partial charge on any atom is -0.347 e. The zero-order valence-electron chi connectivity index (χ0n) is 14.1. The molecule has 0 saturated carbocycles. The highest BCUT2D eigenvalue weighted by molar-refractivity contribution is 5.91. The van der Waals surface area contributed by atoms with Crippen molar-refractivity contribution in [2.45, 2.75) is 27.3 Å². The second kappa shape index (κ2) is 6.66. The largest absolute Gasteiger partial charge is 0.347 e. The zero-order valence-corrected chi connectivity index (χ0v) is 14.1. The molecule has 0 aliphatic heterocycles. The highest BCUT2D eigenvalue weighted by Crippen LogP contribution is 2.13. The van der Waals surface area contributed by atoms with Gasteiger partial charge in [0.2, 0.25) is 0 Å². The van der Waals surface area contributed by atoms with Crippen molar-refractivity contribution in [2.24, 2.45) is 0 Å². The average molecular weight is 320 g/mol. The van der Waals surface area contributed by atoms with Crippen LogP contribution in [0.15, 0.2) is 48.7 Å². The van der Waals surface area contributed by atoms with E-state index in [1.807, 2.05) is 57.2 Å². The first-order valence-corrected chi connectivity index (χ1v) is 7.86. The van der Waals surface area contributed by atoms with Gasteiger partial charge in [0.05, 0.1) is 11.9 Å². The Bertz CT molecular complexity index is 862. The molecular weight excluding hydrogens is 300 g/mol. The molecule has 1 heterocycles. The molecule has 0 saturated heterocycles. The molecule has 0 aliphatic rings. The lowest BCUT2D eigenvalue weighted by Crippen LogP contribution is -2.23. The third-order valence-electron chi connectivity index (χ3n) is 3.90. The van der Waals surface area contributed by atoms with E-state index >= 15 is 0 Å². The van der Waals surface area contributed by atoms with Crippen molar-refractivity contribution in [1.82, 2.24) is 20.3 Å². The number of aryl methyl sites for hydroxylation is 3. The fraction of sp³-hybridized carbons (Fsp3) is 0.211. The second-order valence-corrected chi connectivity index (χ2v) is 6.00. The van der Waals surface area contributed by atoms with E-state index < -0.39 is 0 Å². The molecule has 0 radical (unpaired) electrons. The van der Waals surface area contributed by atoms with Gasteiger partial charge in [-0.3, -0.25) is 4.79 Å². The van der Waals surface area contributed by atoms with Crippen molar-refractivity contribution in [1.29, 1.82) is 0 Å². The highest BCUT2D eigenvalue weighted by atomic mass is 16.2. The minimum atomic E-state index is -0.228. The molecule has 5 heteroatoms. The zero-order chi connectivity index (χ0) is 17.1. The predicted molar refractivity (Wildman–Crippen MR) is 93.2 cm³/mol. The Kier molecular flexibility index (Phi) is 4.42. The van der Waals surface area contributed by atoms with Gasteiger partial charge in [-0.2, -0.15) is 0 Å². The fourth-order valence-electron chi connectivity index (χ4n) is 2.65. The maximum atomic E-state index is 12.3. The Morgan fingerprint density at radius 1 is 1.08 bits per heavy atom. The molecule has 0 fully saturated rings. The van der Waals surface area contributed by atoms with E-state index in [0.29, 0.717) is 12.2 Å². The van der Waals surface area contributed by atoms with E-state index in [1.165, 1.54) is 0 Å². The maximum Gasteiger partial charge on any atom is 0.273 e. The van der Waals surface area contributed by atoms with E-state index in [1.54, 1.807) is 10.9 Å². The van der Waals surface area contributed by atoms with Crippen LogP contribution in [-0.2, 0) is 6.54 Å². The number of rotatable bonds is 4. The molecule has 0 bridgehead atoms. The van der Waals surface area contributed by atoms with E-state index in [2.05, 4.69) is 21.7 Å². The molecule has 0 aliphatic carbocycles. The van der Waals surface area contributed by atoms with Crippen molar-refractivity contribution < 1.29 is 4.79 Å². The Balaban J connectivity index is 1.73. The van der Waals surface area contributed by atoms with Crippen molar-refractivity contribution >= 4 is 5.91 Å². The van der Waals surface area contributed by atoms with Gasteiger partial charge in [-0.1, -0.05) is 35.5 Å². The first-order chi connectivity index (χ1) is 11.5. The molecule has 1 N–H and O–H groups in total. The summed E-state index contributed by atoms with van der Waals surface area (Å²) in [4.78, 5) is 12.3. The number of benzene rings is 2. The van der Waals surface area contributed by atoms with Crippen LogP contribution in [0.1, 0.15) is 32.7 Å². The Hall–Kier alpha value is -2.95. The normalized spacial score (nSPS) is 10.6. The molecule has 2 aromatic carbocycles. The van der Waals surface area contributed by atoms with Crippen LogP contribution in [0.2, 0.25) is 0 Å². The highest BCUT2D eigenvalue weighted by Gasteiger charge is 2.12. The Morgan fingerprint density at radius 2 is 1.79 bits per heavy atom. The quantitative estimate of drug-likeness (QED) is 0.803. The van der Waals surface area contributed by atoms with Crippen LogP contribution < -0.4 is 5.32 Å².